The summed E-state index contributed by atoms with van der Waals surface area (Å²) < 4.78 is 51.3. The van der Waals surface area contributed by atoms with Crippen molar-refractivity contribution in [1.29, 1.82) is 0 Å². The summed E-state index contributed by atoms with van der Waals surface area (Å²) >= 11 is 0. The van der Waals surface area contributed by atoms with Gasteiger partial charge in [-0.15, -0.1) is 5.10 Å². The number of halogens is 4. The summed E-state index contributed by atoms with van der Waals surface area (Å²) in [7, 11) is 0. The van der Waals surface area contributed by atoms with Gasteiger partial charge in [0.15, 0.2) is 0 Å². The van der Waals surface area contributed by atoms with Crippen molar-refractivity contribution >= 4 is 11.0 Å². The molecule has 0 radical (unpaired) electrons. The van der Waals surface area contributed by atoms with E-state index >= 15 is 0 Å². The summed E-state index contributed by atoms with van der Waals surface area (Å²) in [5.74, 6) is -0.146. The maximum atomic E-state index is 13.4. The molecule has 0 unspecified atom stereocenters. The van der Waals surface area contributed by atoms with Gasteiger partial charge in [0.1, 0.15) is 12.1 Å². The van der Waals surface area contributed by atoms with Crippen LogP contribution in [-0.2, 0) is 6.54 Å². The molecular weight excluding hydrogens is 262 g/mol. The minimum atomic E-state index is -4.44. The van der Waals surface area contributed by atoms with E-state index in [0.29, 0.717) is 16.5 Å². The van der Waals surface area contributed by atoms with Gasteiger partial charge in [0.25, 0.3) is 5.95 Å². The number of hydrogen-bond donors (Lipinski definition) is 0. The van der Waals surface area contributed by atoms with Gasteiger partial charge >= 0.3 is 6.18 Å². The fraction of sp³-hybridized carbons (Fsp3) is 0.500. The molecule has 0 N–H and O–H groups in total. The number of rotatable bonds is 2. The van der Waals surface area contributed by atoms with Crippen molar-refractivity contribution in [1.82, 2.24) is 14.8 Å². The zero-order chi connectivity index (χ0) is 13.8. The third-order valence-electron chi connectivity index (χ3n) is 3.44. The number of pyridine rings is 1. The molecule has 0 spiro atoms. The summed E-state index contributed by atoms with van der Waals surface area (Å²) in [5, 5.41) is 3.28. The van der Waals surface area contributed by atoms with Crippen molar-refractivity contribution in [3.63, 3.8) is 0 Å². The number of fused-ring (bicyclic) bond motifs is 1. The Morgan fingerprint density at radius 2 is 2.11 bits per heavy atom. The Balaban J connectivity index is 2.06. The summed E-state index contributed by atoms with van der Waals surface area (Å²) in [6.45, 7) is 0.751. The van der Waals surface area contributed by atoms with Crippen LogP contribution in [-0.4, -0.2) is 20.9 Å². The highest BCUT2D eigenvalue weighted by molar-refractivity contribution is 5.75. The van der Waals surface area contributed by atoms with Crippen LogP contribution in [0.25, 0.3) is 11.0 Å². The molecule has 3 nitrogen and oxygen atoms in total. The largest absolute Gasteiger partial charge is 0.408 e. The molecule has 102 valence electrons. The minimum absolute atomic E-state index is 0.103. The summed E-state index contributed by atoms with van der Waals surface area (Å²) in [4.78, 5) is 3.90. The molecule has 2 atom stereocenters. The molecule has 3 rings (SSSR count). The fourth-order valence-corrected chi connectivity index (χ4v) is 2.31. The lowest BCUT2D eigenvalue weighted by Crippen LogP contribution is -2.18. The first-order valence-electron chi connectivity index (χ1n) is 5.94. The number of alkyl halides is 3. The molecule has 0 saturated heterocycles. The topological polar surface area (TPSA) is 30.7 Å². The van der Waals surface area contributed by atoms with Crippen LogP contribution in [0, 0.1) is 11.9 Å². The predicted molar refractivity (Wildman–Crippen MR) is 60.1 cm³/mol. The third-order valence-corrected chi connectivity index (χ3v) is 3.44. The van der Waals surface area contributed by atoms with Gasteiger partial charge < -0.3 is 0 Å². The lowest BCUT2D eigenvalue weighted by molar-refractivity contribution is -0.142. The standard InChI is InChI=1S/C12H11F4N3/c1-6-2-8(6)7-3-9-10(17-4-7)11(13)18-19(9)5-12(14,15)16/h3-4,6,8H,2,5H2,1H3/t6-,8-/m0/s1. The SMILES string of the molecule is C[C@H]1C[C@@H]1c1cnc2c(F)nn(CC(F)(F)F)c2c1. The van der Waals surface area contributed by atoms with E-state index in [4.69, 9.17) is 0 Å². The van der Waals surface area contributed by atoms with Gasteiger partial charge in [-0.25, -0.2) is 4.98 Å². The monoisotopic (exact) mass is 273 g/mol. The van der Waals surface area contributed by atoms with Gasteiger partial charge in [0.2, 0.25) is 0 Å². The van der Waals surface area contributed by atoms with Crippen LogP contribution < -0.4 is 0 Å². The van der Waals surface area contributed by atoms with Gasteiger partial charge in [-0.1, -0.05) is 6.92 Å². The van der Waals surface area contributed by atoms with E-state index in [2.05, 4.69) is 17.0 Å². The Labute approximate surface area is 106 Å². The molecule has 1 aliphatic carbocycles. The highest BCUT2D eigenvalue weighted by Crippen LogP contribution is 2.47. The van der Waals surface area contributed by atoms with Crippen molar-refractivity contribution < 1.29 is 17.6 Å². The molecule has 19 heavy (non-hydrogen) atoms. The second-order valence-corrected chi connectivity index (χ2v) is 5.02. The second-order valence-electron chi connectivity index (χ2n) is 5.02. The van der Waals surface area contributed by atoms with Crippen molar-refractivity contribution in [2.24, 2.45) is 5.92 Å². The van der Waals surface area contributed by atoms with E-state index in [-0.39, 0.29) is 11.0 Å². The highest BCUT2D eigenvalue weighted by Gasteiger charge is 2.35. The Morgan fingerprint density at radius 3 is 2.68 bits per heavy atom. The molecule has 0 amide bonds. The zero-order valence-corrected chi connectivity index (χ0v) is 10.1. The minimum Gasteiger partial charge on any atom is -0.251 e. The molecule has 2 aromatic heterocycles. The third kappa shape index (κ3) is 2.29. The molecular formula is C12H11F4N3. The Bertz CT molecular complexity index is 632. The van der Waals surface area contributed by atoms with Gasteiger partial charge in [0, 0.05) is 6.20 Å². The molecule has 0 aliphatic heterocycles. The summed E-state index contributed by atoms with van der Waals surface area (Å²) in [6, 6.07) is 1.57. The van der Waals surface area contributed by atoms with E-state index < -0.39 is 18.7 Å². The van der Waals surface area contributed by atoms with Crippen molar-refractivity contribution in [3.05, 3.63) is 23.8 Å². The number of nitrogens with zero attached hydrogens (tertiary/aromatic N) is 3. The first-order valence-corrected chi connectivity index (χ1v) is 5.94. The first-order chi connectivity index (χ1) is 8.85. The normalized spacial score (nSPS) is 23.0. The first kappa shape index (κ1) is 12.4. The van der Waals surface area contributed by atoms with Crippen LogP contribution in [0.5, 0.6) is 0 Å². The van der Waals surface area contributed by atoms with Crippen LogP contribution in [0.3, 0.4) is 0 Å². The molecule has 7 heteroatoms. The molecule has 2 aromatic rings. The molecule has 0 bridgehead atoms. The zero-order valence-electron chi connectivity index (χ0n) is 10.1. The molecule has 0 aromatic carbocycles. The van der Waals surface area contributed by atoms with Crippen LogP contribution in [0.2, 0.25) is 0 Å². The van der Waals surface area contributed by atoms with Crippen LogP contribution in [0.15, 0.2) is 12.3 Å². The van der Waals surface area contributed by atoms with E-state index in [1.807, 2.05) is 0 Å². The quantitative estimate of drug-likeness (QED) is 0.786. The van der Waals surface area contributed by atoms with Crippen LogP contribution >= 0.6 is 0 Å². The van der Waals surface area contributed by atoms with Crippen molar-refractivity contribution in [2.75, 3.05) is 0 Å². The second kappa shape index (κ2) is 3.91. The average Bonchev–Trinajstić information content (AvgIpc) is 2.95. The number of aromatic nitrogens is 3. The van der Waals surface area contributed by atoms with E-state index in [1.165, 1.54) is 6.20 Å². The average molecular weight is 273 g/mol. The Morgan fingerprint density at radius 1 is 1.42 bits per heavy atom. The maximum absolute atomic E-state index is 13.4. The Kier molecular flexibility index (Phi) is 2.55. The van der Waals surface area contributed by atoms with E-state index in [0.717, 1.165) is 12.0 Å². The Hall–Kier alpha value is -1.66. The molecule has 2 heterocycles. The van der Waals surface area contributed by atoms with Crippen molar-refractivity contribution in [3.8, 4) is 0 Å². The molecule has 1 aliphatic rings. The molecule has 1 fully saturated rings. The smallest absolute Gasteiger partial charge is 0.251 e. The van der Waals surface area contributed by atoms with E-state index in [1.54, 1.807) is 6.07 Å². The van der Waals surface area contributed by atoms with Gasteiger partial charge in [-0.05, 0) is 29.9 Å². The van der Waals surface area contributed by atoms with Crippen LogP contribution in [0.4, 0.5) is 17.6 Å². The lowest BCUT2D eigenvalue weighted by Gasteiger charge is -2.07. The van der Waals surface area contributed by atoms with Crippen LogP contribution in [0.1, 0.15) is 24.8 Å². The maximum Gasteiger partial charge on any atom is 0.408 e. The summed E-state index contributed by atoms with van der Waals surface area (Å²) in [6.07, 6.45) is -1.92. The predicted octanol–water partition coefficient (Wildman–Crippen LogP) is 3.26. The number of hydrogen-bond acceptors (Lipinski definition) is 2. The summed E-state index contributed by atoms with van der Waals surface area (Å²) in [5.41, 5.74) is 0.844. The van der Waals surface area contributed by atoms with Gasteiger partial charge in [-0.2, -0.15) is 17.6 Å². The van der Waals surface area contributed by atoms with Gasteiger partial charge in [0.05, 0.1) is 5.52 Å². The fourth-order valence-electron chi connectivity index (χ4n) is 2.31. The molecule has 1 saturated carbocycles. The highest BCUT2D eigenvalue weighted by atomic mass is 19.4. The lowest BCUT2D eigenvalue weighted by atomic mass is 10.1. The van der Waals surface area contributed by atoms with Gasteiger partial charge in [-0.3, -0.25) is 4.68 Å². The van der Waals surface area contributed by atoms with E-state index in [9.17, 15) is 17.6 Å². The van der Waals surface area contributed by atoms with Crippen molar-refractivity contribution in [2.45, 2.75) is 32.0 Å².